The van der Waals surface area contributed by atoms with Gasteiger partial charge >= 0.3 is 0 Å². The van der Waals surface area contributed by atoms with Crippen molar-refractivity contribution >= 4 is 17.3 Å². The zero-order valence-electron chi connectivity index (χ0n) is 10.7. The van der Waals surface area contributed by atoms with E-state index in [1.165, 1.54) is 6.07 Å². The van der Waals surface area contributed by atoms with Crippen LogP contribution < -0.4 is 10.2 Å². The van der Waals surface area contributed by atoms with Crippen LogP contribution >= 0.6 is 0 Å². The number of carbonyl (C=O) groups is 1. The van der Waals surface area contributed by atoms with Crippen LogP contribution in [-0.2, 0) is 4.79 Å². The second-order valence-corrected chi connectivity index (χ2v) is 5.44. The molecule has 1 aromatic carbocycles. The summed E-state index contributed by atoms with van der Waals surface area (Å²) in [4.78, 5) is 14.4. The number of nitrogens with one attached hydrogen (secondary N) is 1. The fraction of sp³-hybridized carbons (Fsp3) is 0.500. The highest BCUT2D eigenvalue weighted by Crippen LogP contribution is 2.48. The highest BCUT2D eigenvalue weighted by Gasteiger charge is 2.53. The minimum Gasteiger partial charge on any atom is -0.353 e. The van der Waals surface area contributed by atoms with Crippen LogP contribution in [0.1, 0.15) is 33.1 Å². The molecule has 3 rings (SSSR count). The van der Waals surface area contributed by atoms with Crippen molar-refractivity contribution in [3.05, 3.63) is 24.0 Å². The highest BCUT2D eigenvalue weighted by atomic mass is 19.1. The lowest BCUT2D eigenvalue weighted by Crippen LogP contribution is -2.66. The number of hydrogen-bond donors (Lipinski definition) is 1. The molecule has 4 heteroatoms. The van der Waals surface area contributed by atoms with Crippen molar-refractivity contribution in [2.24, 2.45) is 0 Å². The maximum absolute atomic E-state index is 13.8. The van der Waals surface area contributed by atoms with Gasteiger partial charge in [0.1, 0.15) is 17.0 Å². The summed E-state index contributed by atoms with van der Waals surface area (Å²) in [7, 11) is 0. The fourth-order valence-corrected chi connectivity index (χ4v) is 3.16. The van der Waals surface area contributed by atoms with Crippen molar-refractivity contribution in [1.82, 2.24) is 0 Å². The van der Waals surface area contributed by atoms with Gasteiger partial charge in [0.25, 0.3) is 0 Å². The second-order valence-electron chi connectivity index (χ2n) is 5.44. The first-order chi connectivity index (χ1) is 8.56. The predicted octanol–water partition coefficient (Wildman–Crippen LogP) is 2.92. The molecule has 0 saturated heterocycles. The molecule has 1 fully saturated rings. The van der Waals surface area contributed by atoms with Gasteiger partial charge in [0.2, 0.25) is 5.91 Å². The highest BCUT2D eigenvalue weighted by molar-refractivity contribution is 6.07. The Morgan fingerprint density at radius 2 is 2.11 bits per heavy atom. The molecule has 1 N–H and O–H groups in total. The molecule has 1 aliphatic heterocycles. The maximum atomic E-state index is 13.8. The molecule has 1 amide bonds. The number of benzene rings is 1. The summed E-state index contributed by atoms with van der Waals surface area (Å²) in [5.41, 5.74) is 0.688. The molecule has 0 aromatic heterocycles. The van der Waals surface area contributed by atoms with Crippen molar-refractivity contribution in [3.63, 3.8) is 0 Å². The number of rotatable bonds is 1. The minimum atomic E-state index is -0.449. The van der Waals surface area contributed by atoms with E-state index in [9.17, 15) is 9.18 Å². The standard InChI is InChI=1S/C14H17FN2O/c1-9(2)17-11-6-3-5-10(15)12(11)16-13(18)14(17)7-4-8-14/h3,5-6,9H,4,7-8H2,1-2H3,(H,16,18). The SMILES string of the molecule is CC(C)N1c2cccc(F)c2NC(=O)C12CCC2. The molecule has 1 saturated carbocycles. The molecule has 0 unspecified atom stereocenters. The van der Waals surface area contributed by atoms with Gasteiger partial charge < -0.3 is 10.2 Å². The van der Waals surface area contributed by atoms with Gasteiger partial charge in [-0.15, -0.1) is 0 Å². The van der Waals surface area contributed by atoms with E-state index in [1.54, 1.807) is 6.07 Å². The quantitative estimate of drug-likeness (QED) is 0.828. The Balaban J connectivity index is 2.17. The maximum Gasteiger partial charge on any atom is 0.250 e. The van der Waals surface area contributed by atoms with Gasteiger partial charge in [-0.25, -0.2) is 4.39 Å². The molecule has 1 heterocycles. The van der Waals surface area contributed by atoms with Crippen molar-refractivity contribution in [3.8, 4) is 0 Å². The molecule has 0 radical (unpaired) electrons. The first kappa shape index (κ1) is 11.5. The summed E-state index contributed by atoms with van der Waals surface area (Å²) >= 11 is 0. The molecular formula is C14H17FN2O. The van der Waals surface area contributed by atoms with Crippen LogP contribution in [0.3, 0.4) is 0 Å². The van der Waals surface area contributed by atoms with Crippen LogP contribution in [0.5, 0.6) is 0 Å². The second kappa shape index (κ2) is 3.70. The summed E-state index contributed by atoms with van der Waals surface area (Å²) in [6, 6.07) is 5.15. The van der Waals surface area contributed by atoms with Crippen LogP contribution in [-0.4, -0.2) is 17.5 Å². The first-order valence-electron chi connectivity index (χ1n) is 6.45. The lowest BCUT2D eigenvalue weighted by molar-refractivity contribution is -0.124. The minimum absolute atomic E-state index is 0.0555. The average Bonchev–Trinajstić information content (AvgIpc) is 2.26. The van der Waals surface area contributed by atoms with Crippen LogP contribution in [0.2, 0.25) is 0 Å². The lowest BCUT2D eigenvalue weighted by atomic mass is 9.72. The Hall–Kier alpha value is -1.58. The van der Waals surface area contributed by atoms with Crippen molar-refractivity contribution in [2.75, 3.05) is 10.2 Å². The molecule has 18 heavy (non-hydrogen) atoms. The van der Waals surface area contributed by atoms with Crippen LogP contribution in [0, 0.1) is 5.82 Å². The molecule has 1 aliphatic carbocycles. The summed E-state index contributed by atoms with van der Waals surface area (Å²) in [6.45, 7) is 4.10. The molecule has 0 bridgehead atoms. The van der Waals surface area contributed by atoms with E-state index >= 15 is 0 Å². The normalized spacial score (nSPS) is 20.7. The van der Waals surface area contributed by atoms with E-state index in [2.05, 4.69) is 10.2 Å². The number of amides is 1. The number of carbonyl (C=O) groups excluding carboxylic acids is 1. The molecule has 3 nitrogen and oxygen atoms in total. The van der Waals surface area contributed by atoms with E-state index in [0.29, 0.717) is 5.69 Å². The molecule has 1 spiro atoms. The lowest BCUT2D eigenvalue weighted by Gasteiger charge is -2.54. The zero-order chi connectivity index (χ0) is 12.9. The molecular weight excluding hydrogens is 231 g/mol. The number of nitrogens with zero attached hydrogens (tertiary/aromatic N) is 1. The smallest absolute Gasteiger partial charge is 0.250 e. The monoisotopic (exact) mass is 248 g/mol. The largest absolute Gasteiger partial charge is 0.353 e. The van der Waals surface area contributed by atoms with E-state index in [-0.39, 0.29) is 17.8 Å². The summed E-state index contributed by atoms with van der Waals surface area (Å²) in [5, 5.41) is 2.75. The zero-order valence-corrected chi connectivity index (χ0v) is 10.7. The van der Waals surface area contributed by atoms with Gasteiger partial charge in [-0.05, 0) is 45.2 Å². The van der Waals surface area contributed by atoms with E-state index < -0.39 is 5.54 Å². The van der Waals surface area contributed by atoms with E-state index in [1.807, 2.05) is 19.9 Å². The molecule has 96 valence electrons. The molecule has 2 aliphatic rings. The number of hydrogen-bond acceptors (Lipinski definition) is 2. The van der Waals surface area contributed by atoms with Crippen molar-refractivity contribution in [2.45, 2.75) is 44.7 Å². The third kappa shape index (κ3) is 1.32. The Labute approximate surface area is 106 Å². The van der Waals surface area contributed by atoms with Gasteiger partial charge in [-0.3, -0.25) is 4.79 Å². The average molecular weight is 248 g/mol. The number of halogens is 1. The Morgan fingerprint density at radius 3 is 2.67 bits per heavy atom. The van der Waals surface area contributed by atoms with Gasteiger partial charge in [0.15, 0.2) is 0 Å². The first-order valence-corrected chi connectivity index (χ1v) is 6.45. The van der Waals surface area contributed by atoms with E-state index in [4.69, 9.17) is 0 Å². The number of para-hydroxylation sites is 1. The molecule has 0 atom stereocenters. The number of fused-ring (bicyclic) bond motifs is 1. The fourth-order valence-electron chi connectivity index (χ4n) is 3.16. The van der Waals surface area contributed by atoms with Crippen molar-refractivity contribution < 1.29 is 9.18 Å². The Kier molecular flexibility index (Phi) is 2.37. The number of anilines is 2. The Morgan fingerprint density at radius 1 is 1.39 bits per heavy atom. The third-order valence-corrected chi connectivity index (χ3v) is 4.07. The summed E-state index contributed by atoms with van der Waals surface area (Å²) < 4.78 is 13.8. The van der Waals surface area contributed by atoms with Gasteiger partial charge in [0.05, 0.1) is 5.69 Å². The van der Waals surface area contributed by atoms with Crippen LogP contribution in [0.4, 0.5) is 15.8 Å². The van der Waals surface area contributed by atoms with Gasteiger partial charge in [-0.1, -0.05) is 6.07 Å². The topological polar surface area (TPSA) is 32.3 Å². The summed E-state index contributed by atoms with van der Waals surface area (Å²) in [5.74, 6) is -0.416. The Bertz CT molecular complexity index is 509. The third-order valence-electron chi connectivity index (χ3n) is 4.07. The van der Waals surface area contributed by atoms with Gasteiger partial charge in [0, 0.05) is 6.04 Å². The van der Waals surface area contributed by atoms with Crippen molar-refractivity contribution in [1.29, 1.82) is 0 Å². The van der Waals surface area contributed by atoms with Gasteiger partial charge in [-0.2, -0.15) is 0 Å². The van der Waals surface area contributed by atoms with E-state index in [0.717, 1.165) is 24.9 Å². The van der Waals surface area contributed by atoms with Crippen LogP contribution in [0.15, 0.2) is 18.2 Å². The van der Waals surface area contributed by atoms with Crippen LogP contribution in [0.25, 0.3) is 0 Å². The summed E-state index contributed by atoms with van der Waals surface area (Å²) in [6.07, 6.45) is 2.77. The predicted molar refractivity (Wildman–Crippen MR) is 69.2 cm³/mol. The molecule has 1 aromatic rings.